The lowest BCUT2D eigenvalue weighted by molar-refractivity contribution is 0.771. The first kappa shape index (κ1) is 10.4. The summed E-state index contributed by atoms with van der Waals surface area (Å²) < 4.78 is 1.71. The largest absolute Gasteiger partial charge is 0.323 e. The average Bonchev–Trinajstić information content (AvgIpc) is 2.63. The van der Waals surface area contributed by atoms with Crippen LogP contribution in [0.5, 0.6) is 0 Å². The van der Waals surface area contributed by atoms with Gasteiger partial charge in [0.2, 0.25) is 0 Å². The van der Waals surface area contributed by atoms with E-state index in [1.54, 1.807) is 17.7 Å². The normalized spacial score (nSPS) is 10.2. The molecule has 0 saturated carbocycles. The smallest absolute Gasteiger partial charge is 0.153 e. The van der Waals surface area contributed by atoms with Gasteiger partial charge in [0.1, 0.15) is 17.5 Å². The number of hydrazine groups is 1. The van der Waals surface area contributed by atoms with Crippen LogP contribution in [0.2, 0.25) is 0 Å². The van der Waals surface area contributed by atoms with Crippen molar-refractivity contribution in [3.8, 4) is 0 Å². The van der Waals surface area contributed by atoms with Crippen LogP contribution in [0.15, 0.2) is 18.3 Å². The molecule has 7 nitrogen and oxygen atoms in total. The first-order valence-electron chi connectivity index (χ1n) is 4.76. The Morgan fingerprint density at radius 2 is 2.00 bits per heavy atom. The second-order valence-corrected chi connectivity index (χ2v) is 3.33. The summed E-state index contributed by atoms with van der Waals surface area (Å²) in [6.07, 6.45) is 1.85. The third-order valence-electron chi connectivity index (χ3n) is 1.96. The predicted molar refractivity (Wildman–Crippen MR) is 61.1 cm³/mol. The first-order chi connectivity index (χ1) is 7.67. The van der Waals surface area contributed by atoms with Crippen molar-refractivity contribution in [3.63, 3.8) is 0 Å². The standard InChI is InChI=1S/C9H13N7/c1-6-11-8(5-9(12-6)14-10)13-7-3-4-16(2)15-7/h3-5H,10H2,1-2H3,(H2,11,12,13,14,15). The molecular formula is C9H13N7. The van der Waals surface area contributed by atoms with Crippen LogP contribution in [0.3, 0.4) is 0 Å². The fourth-order valence-corrected chi connectivity index (χ4v) is 1.32. The fourth-order valence-electron chi connectivity index (χ4n) is 1.32. The molecule has 0 bridgehead atoms. The Bertz CT molecular complexity index is 490. The highest BCUT2D eigenvalue weighted by Crippen LogP contribution is 2.14. The van der Waals surface area contributed by atoms with Gasteiger partial charge in [0.25, 0.3) is 0 Å². The average molecular weight is 219 g/mol. The number of anilines is 3. The van der Waals surface area contributed by atoms with E-state index in [1.807, 2.05) is 19.3 Å². The molecule has 0 amide bonds. The van der Waals surface area contributed by atoms with Crippen molar-refractivity contribution in [1.29, 1.82) is 0 Å². The zero-order chi connectivity index (χ0) is 11.5. The van der Waals surface area contributed by atoms with Gasteiger partial charge in [-0.3, -0.25) is 4.68 Å². The van der Waals surface area contributed by atoms with Gasteiger partial charge in [0, 0.05) is 25.4 Å². The molecule has 2 aromatic heterocycles. The molecule has 0 radical (unpaired) electrons. The molecule has 0 saturated heterocycles. The summed E-state index contributed by atoms with van der Waals surface area (Å²) in [4.78, 5) is 8.31. The molecule has 0 fully saturated rings. The number of hydrogen-bond donors (Lipinski definition) is 3. The maximum absolute atomic E-state index is 5.30. The quantitative estimate of drug-likeness (QED) is 0.515. The van der Waals surface area contributed by atoms with E-state index in [2.05, 4.69) is 25.8 Å². The molecule has 4 N–H and O–H groups in total. The maximum atomic E-state index is 5.30. The number of rotatable bonds is 3. The van der Waals surface area contributed by atoms with E-state index in [0.29, 0.717) is 17.5 Å². The van der Waals surface area contributed by atoms with Crippen molar-refractivity contribution >= 4 is 17.5 Å². The van der Waals surface area contributed by atoms with Gasteiger partial charge in [-0.15, -0.1) is 0 Å². The van der Waals surface area contributed by atoms with Crippen LogP contribution in [0, 0.1) is 6.92 Å². The van der Waals surface area contributed by atoms with E-state index >= 15 is 0 Å². The van der Waals surface area contributed by atoms with E-state index in [-0.39, 0.29) is 0 Å². The van der Waals surface area contributed by atoms with Crippen molar-refractivity contribution in [2.45, 2.75) is 6.92 Å². The number of aromatic nitrogens is 4. The van der Waals surface area contributed by atoms with E-state index in [4.69, 9.17) is 5.84 Å². The second kappa shape index (κ2) is 4.15. The maximum Gasteiger partial charge on any atom is 0.153 e. The van der Waals surface area contributed by atoms with Crippen LogP contribution in [0.1, 0.15) is 5.82 Å². The second-order valence-electron chi connectivity index (χ2n) is 3.33. The number of aryl methyl sites for hydroxylation is 2. The van der Waals surface area contributed by atoms with Crippen molar-refractivity contribution in [2.24, 2.45) is 12.9 Å². The van der Waals surface area contributed by atoms with E-state index in [0.717, 1.165) is 5.82 Å². The summed E-state index contributed by atoms with van der Waals surface area (Å²) >= 11 is 0. The Morgan fingerprint density at radius 1 is 1.25 bits per heavy atom. The lowest BCUT2D eigenvalue weighted by Crippen LogP contribution is -2.10. The Kier molecular flexibility index (Phi) is 2.69. The summed E-state index contributed by atoms with van der Waals surface area (Å²) in [5.74, 6) is 7.87. The van der Waals surface area contributed by atoms with Crippen molar-refractivity contribution < 1.29 is 0 Å². The lowest BCUT2D eigenvalue weighted by atomic mass is 10.5. The van der Waals surface area contributed by atoms with Crippen LogP contribution >= 0.6 is 0 Å². The van der Waals surface area contributed by atoms with Crippen LogP contribution in [-0.4, -0.2) is 19.7 Å². The molecule has 0 aliphatic carbocycles. The molecule has 2 rings (SSSR count). The Hall–Kier alpha value is -2.15. The molecule has 16 heavy (non-hydrogen) atoms. The van der Waals surface area contributed by atoms with Gasteiger partial charge in [0.15, 0.2) is 5.82 Å². The highest BCUT2D eigenvalue weighted by molar-refractivity contribution is 5.55. The summed E-state index contributed by atoms with van der Waals surface area (Å²) in [6, 6.07) is 3.56. The van der Waals surface area contributed by atoms with Crippen molar-refractivity contribution in [2.75, 3.05) is 10.7 Å². The monoisotopic (exact) mass is 219 g/mol. The fraction of sp³-hybridized carbons (Fsp3) is 0.222. The number of nitrogens with zero attached hydrogens (tertiary/aromatic N) is 4. The van der Waals surface area contributed by atoms with Gasteiger partial charge < -0.3 is 10.7 Å². The molecule has 0 unspecified atom stereocenters. The third-order valence-corrected chi connectivity index (χ3v) is 1.96. The zero-order valence-electron chi connectivity index (χ0n) is 9.10. The SMILES string of the molecule is Cc1nc(NN)cc(Nc2ccn(C)n2)n1. The topological polar surface area (TPSA) is 93.7 Å². The Balaban J connectivity index is 2.24. The minimum atomic E-state index is 0.561. The Morgan fingerprint density at radius 3 is 2.62 bits per heavy atom. The van der Waals surface area contributed by atoms with E-state index in [9.17, 15) is 0 Å². The number of nitrogen functional groups attached to an aromatic ring is 1. The van der Waals surface area contributed by atoms with Crippen LogP contribution in [-0.2, 0) is 7.05 Å². The predicted octanol–water partition coefficient (Wildman–Crippen LogP) is 0.548. The molecule has 84 valence electrons. The minimum absolute atomic E-state index is 0.561. The summed E-state index contributed by atoms with van der Waals surface area (Å²) in [7, 11) is 1.85. The summed E-state index contributed by atoms with van der Waals surface area (Å²) in [5, 5.41) is 7.25. The summed E-state index contributed by atoms with van der Waals surface area (Å²) in [6.45, 7) is 1.80. The van der Waals surface area contributed by atoms with Crippen molar-refractivity contribution in [1.82, 2.24) is 19.7 Å². The van der Waals surface area contributed by atoms with Crippen LogP contribution in [0.4, 0.5) is 17.5 Å². The van der Waals surface area contributed by atoms with Crippen molar-refractivity contribution in [3.05, 3.63) is 24.2 Å². The minimum Gasteiger partial charge on any atom is -0.323 e. The van der Waals surface area contributed by atoms with Gasteiger partial charge in [-0.1, -0.05) is 0 Å². The molecular weight excluding hydrogens is 206 g/mol. The van der Waals surface area contributed by atoms with Crippen LogP contribution < -0.4 is 16.6 Å². The van der Waals surface area contributed by atoms with Gasteiger partial charge in [-0.25, -0.2) is 15.8 Å². The van der Waals surface area contributed by atoms with Gasteiger partial charge in [-0.2, -0.15) is 5.10 Å². The number of nitrogens with two attached hydrogens (primary N) is 1. The molecule has 0 aromatic carbocycles. The molecule has 2 heterocycles. The highest BCUT2D eigenvalue weighted by Gasteiger charge is 2.02. The van der Waals surface area contributed by atoms with E-state index < -0.39 is 0 Å². The van der Waals surface area contributed by atoms with Gasteiger partial charge in [0.05, 0.1) is 0 Å². The molecule has 0 spiro atoms. The Labute approximate surface area is 92.7 Å². The lowest BCUT2D eigenvalue weighted by Gasteiger charge is -2.05. The summed E-state index contributed by atoms with van der Waals surface area (Å²) in [5.41, 5.74) is 2.48. The first-order valence-corrected chi connectivity index (χ1v) is 4.76. The number of nitrogens with one attached hydrogen (secondary N) is 2. The van der Waals surface area contributed by atoms with E-state index in [1.165, 1.54) is 0 Å². The van der Waals surface area contributed by atoms with Gasteiger partial charge >= 0.3 is 0 Å². The van der Waals surface area contributed by atoms with Crippen LogP contribution in [0.25, 0.3) is 0 Å². The third kappa shape index (κ3) is 2.26. The molecule has 0 aliphatic heterocycles. The zero-order valence-corrected chi connectivity index (χ0v) is 9.10. The molecule has 0 aliphatic rings. The molecule has 7 heteroatoms. The van der Waals surface area contributed by atoms with Gasteiger partial charge in [-0.05, 0) is 6.92 Å². The molecule has 2 aromatic rings. The number of hydrogen-bond acceptors (Lipinski definition) is 6. The molecule has 0 atom stereocenters. The highest BCUT2D eigenvalue weighted by atomic mass is 15.3.